The van der Waals surface area contributed by atoms with Gasteiger partial charge in [-0.05, 0) is 44.6 Å². The third kappa shape index (κ3) is 5.22. The molecule has 0 aliphatic heterocycles. The number of methoxy groups -OCH3 is 2. The average molecular weight is 308 g/mol. The fourth-order valence-electron chi connectivity index (χ4n) is 2.13. The van der Waals surface area contributed by atoms with Crippen LogP contribution in [0.5, 0.6) is 11.5 Å². The molecule has 0 heterocycles. The Labute approximate surface area is 133 Å². The summed E-state index contributed by atoms with van der Waals surface area (Å²) >= 11 is 0. The molecule has 1 aromatic rings. The summed E-state index contributed by atoms with van der Waals surface area (Å²) in [4.78, 5) is 14.3. The maximum Gasteiger partial charge on any atom is 0.237 e. The van der Waals surface area contributed by atoms with Crippen LogP contribution >= 0.6 is 0 Å². The summed E-state index contributed by atoms with van der Waals surface area (Å²) in [5.74, 6) is 1.39. The highest BCUT2D eigenvalue weighted by Crippen LogP contribution is 2.27. The lowest BCUT2D eigenvalue weighted by atomic mass is 10.2. The number of ether oxygens (including phenoxy) is 2. The van der Waals surface area contributed by atoms with Crippen molar-refractivity contribution in [3.05, 3.63) is 23.8 Å². The van der Waals surface area contributed by atoms with Crippen molar-refractivity contribution >= 4 is 5.91 Å². The normalized spacial score (nSPS) is 12.1. The fourth-order valence-corrected chi connectivity index (χ4v) is 2.13. The van der Waals surface area contributed by atoms with Crippen molar-refractivity contribution in [3.8, 4) is 11.5 Å². The van der Waals surface area contributed by atoms with Crippen LogP contribution in [0, 0.1) is 0 Å². The van der Waals surface area contributed by atoms with Crippen molar-refractivity contribution < 1.29 is 14.3 Å². The van der Waals surface area contributed by atoms with Crippen LogP contribution in [0.2, 0.25) is 0 Å². The molecule has 0 radical (unpaired) electrons. The zero-order valence-corrected chi connectivity index (χ0v) is 14.3. The summed E-state index contributed by atoms with van der Waals surface area (Å²) < 4.78 is 10.5. The number of nitrogens with one attached hydrogen (secondary N) is 1. The molecule has 0 fully saturated rings. The average Bonchev–Trinajstić information content (AvgIpc) is 2.56. The molecule has 1 rings (SSSR count). The Hall–Kier alpha value is -1.75. The Kier molecular flexibility index (Phi) is 7.74. The van der Waals surface area contributed by atoms with Gasteiger partial charge in [0.25, 0.3) is 0 Å². The third-order valence-corrected chi connectivity index (χ3v) is 3.82. The molecular formula is C17H28N2O3. The lowest BCUT2D eigenvalue weighted by molar-refractivity contribution is -0.125. The first kappa shape index (κ1) is 18.3. The molecule has 0 aliphatic rings. The highest BCUT2D eigenvalue weighted by atomic mass is 16.5. The van der Waals surface area contributed by atoms with Gasteiger partial charge < -0.3 is 14.8 Å². The molecule has 0 bridgehead atoms. The smallest absolute Gasteiger partial charge is 0.237 e. The van der Waals surface area contributed by atoms with Crippen molar-refractivity contribution in [3.63, 3.8) is 0 Å². The van der Waals surface area contributed by atoms with E-state index in [-0.39, 0.29) is 11.9 Å². The van der Waals surface area contributed by atoms with Crippen LogP contribution in [0.1, 0.15) is 32.3 Å². The van der Waals surface area contributed by atoms with Gasteiger partial charge in [-0.25, -0.2) is 0 Å². The van der Waals surface area contributed by atoms with E-state index in [9.17, 15) is 4.79 Å². The minimum Gasteiger partial charge on any atom is -0.493 e. The van der Waals surface area contributed by atoms with Crippen molar-refractivity contribution in [2.45, 2.75) is 39.3 Å². The van der Waals surface area contributed by atoms with Crippen molar-refractivity contribution in [1.29, 1.82) is 0 Å². The second-order valence-electron chi connectivity index (χ2n) is 5.42. The van der Waals surface area contributed by atoms with Crippen LogP contribution in [0.15, 0.2) is 18.2 Å². The SMILES string of the molecule is CCCCN(C)[C@H](C)C(=O)NCc1ccc(OC)c(OC)c1. The first-order valence-corrected chi connectivity index (χ1v) is 7.72. The number of benzene rings is 1. The standard InChI is InChI=1S/C17H28N2O3/c1-6-7-10-19(3)13(2)17(20)18-12-14-8-9-15(21-4)16(11-14)22-5/h8-9,11,13H,6-7,10,12H2,1-5H3,(H,18,20)/t13-/m1/s1. The lowest BCUT2D eigenvalue weighted by Crippen LogP contribution is -2.43. The van der Waals surface area contributed by atoms with Gasteiger partial charge in [0.1, 0.15) is 0 Å². The van der Waals surface area contributed by atoms with Gasteiger partial charge in [-0.1, -0.05) is 19.4 Å². The quantitative estimate of drug-likeness (QED) is 0.761. The number of hydrogen-bond donors (Lipinski definition) is 1. The molecule has 1 amide bonds. The number of hydrogen-bond acceptors (Lipinski definition) is 4. The van der Waals surface area contributed by atoms with Crippen LogP contribution < -0.4 is 14.8 Å². The van der Waals surface area contributed by atoms with E-state index >= 15 is 0 Å². The maximum absolute atomic E-state index is 12.2. The molecule has 0 saturated heterocycles. The minimum atomic E-state index is -0.133. The van der Waals surface area contributed by atoms with Crippen molar-refractivity contribution in [1.82, 2.24) is 10.2 Å². The van der Waals surface area contributed by atoms with Gasteiger partial charge in [-0.3, -0.25) is 9.69 Å². The van der Waals surface area contributed by atoms with E-state index < -0.39 is 0 Å². The molecule has 1 atom stereocenters. The van der Waals surface area contributed by atoms with Gasteiger partial charge >= 0.3 is 0 Å². The molecule has 0 aliphatic carbocycles. The second kappa shape index (κ2) is 9.30. The van der Waals surface area contributed by atoms with Crippen molar-refractivity contribution in [2.75, 3.05) is 27.8 Å². The number of carbonyl (C=O) groups excluding carboxylic acids is 1. The Balaban J connectivity index is 2.56. The topological polar surface area (TPSA) is 50.8 Å². The van der Waals surface area contributed by atoms with Crippen LogP contribution in [0.4, 0.5) is 0 Å². The van der Waals surface area contributed by atoms with E-state index in [0.717, 1.165) is 24.9 Å². The van der Waals surface area contributed by atoms with Gasteiger partial charge in [0.05, 0.1) is 20.3 Å². The Morgan fingerprint density at radius 3 is 2.55 bits per heavy atom. The van der Waals surface area contributed by atoms with Crippen molar-refractivity contribution in [2.24, 2.45) is 0 Å². The lowest BCUT2D eigenvalue weighted by Gasteiger charge is -2.23. The van der Waals surface area contributed by atoms with Gasteiger partial charge in [0.2, 0.25) is 5.91 Å². The van der Waals surface area contributed by atoms with Crippen LogP contribution in [0.3, 0.4) is 0 Å². The number of unbranched alkanes of at least 4 members (excludes halogenated alkanes) is 1. The Morgan fingerprint density at radius 2 is 1.95 bits per heavy atom. The van der Waals surface area contributed by atoms with Gasteiger partial charge in [0.15, 0.2) is 11.5 Å². The molecule has 0 saturated carbocycles. The van der Waals surface area contributed by atoms with E-state index in [1.807, 2.05) is 32.2 Å². The molecule has 5 heteroatoms. The molecular weight excluding hydrogens is 280 g/mol. The van der Waals surface area contributed by atoms with E-state index in [1.54, 1.807) is 14.2 Å². The molecule has 0 aromatic heterocycles. The summed E-state index contributed by atoms with van der Waals surface area (Å²) in [6.45, 7) is 5.49. The first-order valence-electron chi connectivity index (χ1n) is 7.72. The molecule has 0 spiro atoms. The first-order chi connectivity index (χ1) is 10.5. The minimum absolute atomic E-state index is 0.0355. The summed E-state index contributed by atoms with van der Waals surface area (Å²) in [6.07, 6.45) is 2.23. The van der Waals surface area contributed by atoms with Crippen LogP contribution in [-0.4, -0.2) is 44.7 Å². The summed E-state index contributed by atoms with van der Waals surface area (Å²) in [5.41, 5.74) is 0.981. The van der Waals surface area contributed by atoms with Gasteiger partial charge in [-0.2, -0.15) is 0 Å². The number of rotatable bonds is 9. The van der Waals surface area contributed by atoms with Crippen LogP contribution in [-0.2, 0) is 11.3 Å². The maximum atomic E-state index is 12.2. The number of amides is 1. The molecule has 124 valence electrons. The molecule has 5 nitrogen and oxygen atoms in total. The molecule has 0 unspecified atom stereocenters. The predicted molar refractivity (Wildman–Crippen MR) is 88.4 cm³/mol. The Morgan fingerprint density at radius 1 is 1.27 bits per heavy atom. The highest BCUT2D eigenvalue weighted by Gasteiger charge is 2.17. The zero-order chi connectivity index (χ0) is 16.5. The molecule has 1 N–H and O–H groups in total. The predicted octanol–water partition coefficient (Wildman–Crippen LogP) is 2.44. The van der Waals surface area contributed by atoms with Crippen LogP contribution in [0.25, 0.3) is 0 Å². The monoisotopic (exact) mass is 308 g/mol. The summed E-state index contributed by atoms with van der Waals surface area (Å²) in [5, 5.41) is 2.97. The van der Waals surface area contributed by atoms with E-state index in [0.29, 0.717) is 18.0 Å². The zero-order valence-electron chi connectivity index (χ0n) is 14.3. The van der Waals surface area contributed by atoms with Gasteiger partial charge in [0, 0.05) is 6.54 Å². The van der Waals surface area contributed by atoms with E-state index in [1.165, 1.54) is 0 Å². The highest BCUT2D eigenvalue weighted by molar-refractivity contribution is 5.81. The fraction of sp³-hybridized carbons (Fsp3) is 0.588. The summed E-state index contributed by atoms with van der Waals surface area (Å²) in [7, 11) is 5.19. The third-order valence-electron chi connectivity index (χ3n) is 3.82. The Bertz CT molecular complexity index is 477. The number of likely N-dealkylation sites (N-methyl/N-ethyl adjacent to an activating group) is 1. The van der Waals surface area contributed by atoms with E-state index in [2.05, 4.69) is 17.1 Å². The molecule has 22 heavy (non-hydrogen) atoms. The molecule has 1 aromatic carbocycles. The summed E-state index contributed by atoms with van der Waals surface area (Å²) in [6, 6.07) is 5.51. The van der Waals surface area contributed by atoms with Gasteiger partial charge in [-0.15, -0.1) is 0 Å². The second-order valence-corrected chi connectivity index (χ2v) is 5.42. The number of carbonyl (C=O) groups is 1. The largest absolute Gasteiger partial charge is 0.493 e. The number of nitrogens with zero attached hydrogens (tertiary/aromatic N) is 1. The van der Waals surface area contributed by atoms with E-state index in [4.69, 9.17) is 9.47 Å².